The van der Waals surface area contributed by atoms with Gasteiger partial charge in [0.1, 0.15) is 18.2 Å². The second kappa shape index (κ2) is 7.98. The third kappa shape index (κ3) is 4.19. The molecule has 0 fully saturated rings. The molecule has 0 aliphatic carbocycles. The van der Waals surface area contributed by atoms with E-state index in [1.807, 2.05) is 0 Å². The molecule has 0 radical (unpaired) electrons. The Labute approximate surface area is 152 Å². The Kier molecular flexibility index (Phi) is 5.49. The summed E-state index contributed by atoms with van der Waals surface area (Å²) in [6.45, 7) is 0.163. The van der Waals surface area contributed by atoms with E-state index in [1.165, 1.54) is 10.9 Å². The van der Waals surface area contributed by atoms with Crippen LogP contribution in [0.5, 0.6) is 5.75 Å². The van der Waals surface area contributed by atoms with E-state index >= 15 is 0 Å². The average Bonchev–Trinajstić information content (AvgIpc) is 2.99. The van der Waals surface area contributed by atoms with Gasteiger partial charge in [-0.1, -0.05) is 23.7 Å². The van der Waals surface area contributed by atoms with Gasteiger partial charge in [-0.3, -0.25) is 9.78 Å². The fraction of sp³-hybridized carbons (Fsp3) is 0.250. The lowest BCUT2D eigenvalue weighted by molar-refractivity contribution is 0.264. The predicted molar refractivity (Wildman–Crippen MR) is 93.4 cm³/mol. The highest BCUT2D eigenvalue weighted by molar-refractivity contribution is 6.32. The number of nitrogens with zero attached hydrogens (tertiary/aromatic N) is 3. The summed E-state index contributed by atoms with van der Waals surface area (Å²) in [6.07, 6.45) is 1.48. The summed E-state index contributed by atoms with van der Waals surface area (Å²) in [4.78, 5) is 31.9. The van der Waals surface area contributed by atoms with Crippen LogP contribution in [-0.2, 0) is 19.6 Å². The van der Waals surface area contributed by atoms with Crippen molar-refractivity contribution in [2.24, 2.45) is 0 Å². The molecule has 136 valence electrons. The normalized spacial score (nSPS) is 10.8. The molecular formula is C16H16ClN5O4. The van der Waals surface area contributed by atoms with Gasteiger partial charge in [0.15, 0.2) is 5.82 Å². The number of halogens is 1. The van der Waals surface area contributed by atoms with Gasteiger partial charge in [-0.25, -0.2) is 14.5 Å². The number of aliphatic hydroxyl groups is 1. The second-order valence-corrected chi connectivity index (χ2v) is 5.79. The first-order valence-corrected chi connectivity index (χ1v) is 8.16. The number of benzene rings is 1. The van der Waals surface area contributed by atoms with Gasteiger partial charge >= 0.3 is 5.69 Å². The fourth-order valence-corrected chi connectivity index (χ4v) is 2.53. The molecule has 26 heavy (non-hydrogen) atoms. The van der Waals surface area contributed by atoms with Gasteiger partial charge < -0.3 is 14.8 Å². The lowest BCUT2D eigenvalue weighted by Gasteiger charge is -2.04. The molecule has 0 bridgehead atoms. The third-order valence-corrected chi connectivity index (χ3v) is 3.85. The van der Waals surface area contributed by atoms with Crippen LogP contribution in [0.1, 0.15) is 17.2 Å². The molecule has 0 saturated carbocycles. The van der Waals surface area contributed by atoms with E-state index in [2.05, 4.69) is 20.1 Å². The molecule has 0 amide bonds. The van der Waals surface area contributed by atoms with E-state index in [1.54, 1.807) is 24.3 Å². The standard InChI is InChI=1S/C16H16ClN5O4/c17-11-3-1-2-4-12(11)26-9-13-19-14(22(21-13)5-6-23)7-10-8-18-16(25)20-15(10)24/h1-4,8,23H,5-7,9H2,(H2,18,20,24,25). The maximum absolute atomic E-state index is 11.8. The molecule has 3 rings (SSSR count). The Hall–Kier alpha value is -2.91. The largest absolute Gasteiger partial charge is 0.484 e. The lowest BCUT2D eigenvalue weighted by Crippen LogP contribution is -2.25. The van der Waals surface area contributed by atoms with Gasteiger partial charge in [0, 0.05) is 18.2 Å². The Morgan fingerprint density at radius 1 is 1.27 bits per heavy atom. The zero-order valence-corrected chi connectivity index (χ0v) is 14.4. The molecule has 2 heterocycles. The molecule has 0 unspecified atom stereocenters. The Morgan fingerprint density at radius 2 is 2.08 bits per heavy atom. The van der Waals surface area contributed by atoms with E-state index in [0.29, 0.717) is 28.0 Å². The number of hydrogen-bond acceptors (Lipinski definition) is 6. The van der Waals surface area contributed by atoms with Crippen molar-refractivity contribution in [1.82, 2.24) is 24.7 Å². The summed E-state index contributed by atoms with van der Waals surface area (Å²) in [5.41, 5.74) is -0.750. The molecule has 0 atom stereocenters. The number of hydrogen-bond donors (Lipinski definition) is 3. The van der Waals surface area contributed by atoms with Crippen LogP contribution < -0.4 is 16.0 Å². The zero-order chi connectivity index (χ0) is 18.5. The SMILES string of the molecule is O=c1[nH]cc(Cc2nc(COc3ccccc3Cl)nn2CCO)c(=O)[nH]1. The number of rotatable bonds is 7. The quantitative estimate of drug-likeness (QED) is 0.549. The van der Waals surface area contributed by atoms with Crippen LogP contribution in [0.2, 0.25) is 5.02 Å². The number of nitrogens with one attached hydrogen (secondary N) is 2. The minimum atomic E-state index is -0.579. The van der Waals surface area contributed by atoms with Crippen LogP contribution in [0.3, 0.4) is 0 Å². The van der Waals surface area contributed by atoms with Crippen LogP contribution in [0.15, 0.2) is 40.1 Å². The smallest absolute Gasteiger partial charge is 0.325 e. The van der Waals surface area contributed by atoms with Crippen molar-refractivity contribution in [3.05, 3.63) is 73.5 Å². The first-order valence-electron chi connectivity index (χ1n) is 7.78. The molecular weight excluding hydrogens is 362 g/mol. The molecule has 0 aliphatic rings. The molecule has 0 saturated heterocycles. The molecule has 9 nitrogen and oxygen atoms in total. The van der Waals surface area contributed by atoms with E-state index in [0.717, 1.165) is 0 Å². The Balaban J connectivity index is 1.80. The average molecular weight is 378 g/mol. The minimum absolute atomic E-state index is 0.0805. The highest BCUT2D eigenvalue weighted by atomic mass is 35.5. The Bertz CT molecular complexity index is 1010. The molecule has 0 aliphatic heterocycles. The van der Waals surface area contributed by atoms with Gasteiger partial charge in [0.2, 0.25) is 0 Å². The second-order valence-electron chi connectivity index (χ2n) is 5.38. The topological polar surface area (TPSA) is 126 Å². The van der Waals surface area contributed by atoms with Crippen molar-refractivity contribution < 1.29 is 9.84 Å². The summed E-state index contributed by atoms with van der Waals surface area (Å²) in [7, 11) is 0. The van der Waals surface area contributed by atoms with Gasteiger partial charge in [0.25, 0.3) is 5.56 Å². The van der Waals surface area contributed by atoms with Crippen molar-refractivity contribution in [2.75, 3.05) is 6.61 Å². The summed E-state index contributed by atoms with van der Waals surface area (Å²) in [6, 6.07) is 7.03. The van der Waals surface area contributed by atoms with E-state index < -0.39 is 11.2 Å². The monoisotopic (exact) mass is 377 g/mol. The van der Waals surface area contributed by atoms with E-state index in [9.17, 15) is 14.7 Å². The summed E-state index contributed by atoms with van der Waals surface area (Å²) >= 11 is 6.04. The van der Waals surface area contributed by atoms with Crippen LogP contribution in [-0.4, -0.2) is 36.4 Å². The summed E-state index contributed by atoms with van der Waals surface area (Å²) in [5, 5.41) is 14.0. The number of aromatic amines is 2. The van der Waals surface area contributed by atoms with Gasteiger partial charge in [-0.2, -0.15) is 5.10 Å². The van der Waals surface area contributed by atoms with Gasteiger partial charge in [-0.15, -0.1) is 0 Å². The molecule has 3 N–H and O–H groups in total. The fourth-order valence-electron chi connectivity index (χ4n) is 2.34. The summed E-state index contributed by atoms with van der Waals surface area (Å²) < 4.78 is 7.11. The highest BCUT2D eigenvalue weighted by Gasteiger charge is 2.13. The van der Waals surface area contributed by atoms with Crippen molar-refractivity contribution in [2.45, 2.75) is 19.6 Å². The number of para-hydroxylation sites is 1. The number of aliphatic hydroxyl groups excluding tert-OH is 1. The van der Waals surface area contributed by atoms with Crippen molar-refractivity contribution in [3.63, 3.8) is 0 Å². The first-order chi connectivity index (χ1) is 12.6. The summed E-state index contributed by atoms with van der Waals surface area (Å²) in [5.74, 6) is 1.36. The molecule has 10 heteroatoms. The molecule has 2 aromatic heterocycles. The number of aromatic nitrogens is 5. The number of ether oxygens (including phenoxy) is 1. The van der Waals surface area contributed by atoms with Crippen LogP contribution in [0, 0.1) is 0 Å². The lowest BCUT2D eigenvalue weighted by atomic mass is 10.2. The third-order valence-electron chi connectivity index (χ3n) is 3.54. The van der Waals surface area contributed by atoms with Gasteiger partial charge in [-0.05, 0) is 12.1 Å². The highest BCUT2D eigenvalue weighted by Crippen LogP contribution is 2.23. The van der Waals surface area contributed by atoms with Gasteiger partial charge in [0.05, 0.1) is 18.2 Å². The van der Waals surface area contributed by atoms with Crippen molar-refractivity contribution >= 4 is 11.6 Å². The Morgan fingerprint density at radius 3 is 2.81 bits per heavy atom. The van der Waals surface area contributed by atoms with Crippen molar-refractivity contribution in [1.29, 1.82) is 0 Å². The van der Waals surface area contributed by atoms with Crippen molar-refractivity contribution in [3.8, 4) is 5.75 Å². The number of H-pyrrole nitrogens is 2. The predicted octanol–water partition coefficient (Wildman–Crippen LogP) is 0.470. The molecule has 3 aromatic rings. The van der Waals surface area contributed by atoms with E-state index in [4.69, 9.17) is 16.3 Å². The molecule has 1 aromatic carbocycles. The van der Waals surface area contributed by atoms with Crippen LogP contribution in [0.4, 0.5) is 0 Å². The maximum Gasteiger partial charge on any atom is 0.325 e. The van der Waals surface area contributed by atoms with Crippen LogP contribution >= 0.6 is 11.6 Å². The van der Waals surface area contributed by atoms with Crippen LogP contribution in [0.25, 0.3) is 0 Å². The zero-order valence-electron chi connectivity index (χ0n) is 13.6. The maximum atomic E-state index is 11.8. The minimum Gasteiger partial charge on any atom is -0.484 e. The first kappa shape index (κ1) is 17.9. The molecule has 0 spiro atoms. The van der Waals surface area contributed by atoms with E-state index in [-0.39, 0.29) is 26.2 Å².